The number of likely N-dealkylation sites (tertiary alicyclic amines) is 1. The highest BCUT2D eigenvalue weighted by Gasteiger charge is 2.25. The number of ether oxygens (including phenoxy) is 3. The average molecular weight is 334 g/mol. The number of nitrogens with one attached hydrogen (secondary N) is 1. The summed E-state index contributed by atoms with van der Waals surface area (Å²) in [6.07, 6.45) is 4.39. The van der Waals surface area contributed by atoms with Crippen LogP contribution in [0.5, 0.6) is 17.2 Å². The predicted octanol–water partition coefficient (Wildman–Crippen LogP) is 1.96. The summed E-state index contributed by atoms with van der Waals surface area (Å²) >= 11 is 0. The topological polar surface area (TPSA) is 60.0 Å². The van der Waals surface area contributed by atoms with Crippen LogP contribution in [0.4, 0.5) is 0 Å². The van der Waals surface area contributed by atoms with Crippen LogP contribution in [0.15, 0.2) is 12.1 Å². The number of likely N-dealkylation sites (N-methyl/N-ethyl adjacent to an activating group) is 1. The van der Waals surface area contributed by atoms with E-state index in [4.69, 9.17) is 14.2 Å². The Bertz CT molecular complexity index is 591. The molecule has 0 unspecified atom stereocenters. The first-order valence-electron chi connectivity index (χ1n) is 8.63. The van der Waals surface area contributed by atoms with Gasteiger partial charge in [-0.3, -0.25) is 9.69 Å². The van der Waals surface area contributed by atoms with Crippen molar-refractivity contribution in [3.63, 3.8) is 0 Å². The van der Waals surface area contributed by atoms with Gasteiger partial charge in [0.15, 0.2) is 11.5 Å². The van der Waals surface area contributed by atoms with Gasteiger partial charge in [0.05, 0.1) is 13.2 Å². The summed E-state index contributed by atoms with van der Waals surface area (Å²) < 4.78 is 16.6. The van der Waals surface area contributed by atoms with Gasteiger partial charge in [-0.1, -0.05) is 12.8 Å². The Balaban J connectivity index is 1.68. The van der Waals surface area contributed by atoms with Gasteiger partial charge < -0.3 is 19.5 Å². The van der Waals surface area contributed by atoms with Crippen LogP contribution < -0.4 is 19.5 Å². The van der Waals surface area contributed by atoms with Crippen molar-refractivity contribution in [3.8, 4) is 17.2 Å². The highest BCUT2D eigenvalue weighted by atomic mass is 16.6. The van der Waals surface area contributed by atoms with Crippen LogP contribution in [0.25, 0.3) is 0 Å². The molecule has 1 atom stereocenters. The van der Waals surface area contributed by atoms with Gasteiger partial charge in [0, 0.05) is 18.2 Å². The van der Waals surface area contributed by atoms with Gasteiger partial charge >= 0.3 is 0 Å². The third-order valence-electron chi connectivity index (χ3n) is 4.72. The van der Waals surface area contributed by atoms with Gasteiger partial charge in [0.25, 0.3) is 0 Å². The smallest absolute Gasteiger partial charge is 0.237 e. The molecule has 0 aliphatic carbocycles. The molecule has 2 aliphatic rings. The molecule has 1 aromatic rings. The number of methoxy groups -OCH3 is 1. The molecule has 132 valence electrons. The van der Waals surface area contributed by atoms with Crippen LogP contribution in [0.3, 0.4) is 0 Å². The maximum Gasteiger partial charge on any atom is 0.237 e. The van der Waals surface area contributed by atoms with E-state index in [0.717, 1.165) is 31.4 Å². The van der Waals surface area contributed by atoms with Crippen molar-refractivity contribution in [3.05, 3.63) is 17.7 Å². The minimum Gasteiger partial charge on any atom is -0.496 e. The molecule has 2 heterocycles. The van der Waals surface area contributed by atoms with Crippen molar-refractivity contribution < 1.29 is 19.0 Å². The minimum atomic E-state index is -0.0456. The minimum absolute atomic E-state index is 0.0456. The fourth-order valence-electron chi connectivity index (χ4n) is 3.32. The summed E-state index contributed by atoms with van der Waals surface area (Å²) in [7, 11) is 3.65. The molecule has 1 fully saturated rings. The standard InChI is InChI=1S/C18H26N2O4/c1-20-7-5-3-4-6-14(20)18(21)19-12-13-10-16-17(11-15(13)22-2)24-9-8-23-16/h10-11,14H,3-9,12H2,1-2H3,(H,19,21)/t14-/m0/s1. The number of hydrogen-bond donors (Lipinski definition) is 1. The van der Waals surface area contributed by atoms with E-state index >= 15 is 0 Å². The number of rotatable bonds is 4. The number of amides is 1. The SMILES string of the molecule is COc1cc2c(cc1CNC(=O)[C@@H]1CCCCCN1C)OCCO2. The zero-order valence-electron chi connectivity index (χ0n) is 14.5. The molecule has 1 amide bonds. The van der Waals surface area contributed by atoms with Crippen molar-refractivity contribution >= 4 is 5.91 Å². The Morgan fingerprint density at radius 3 is 2.75 bits per heavy atom. The van der Waals surface area contributed by atoms with E-state index in [1.807, 2.05) is 19.2 Å². The van der Waals surface area contributed by atoms with Gasteiger partial charge in [0.1, 0.15) is 19.0 Å². The van der Waals surface area contributed by atoms with Crippen LogP contribution in [-0.2, 0) is 11.3 Å². The first kappa shape index (κ1) is 16.9. The number of fused-ring (bicyclic) bond motifs is 1. The second-order valence-corrected chi connectivity index (χ2v) is 6.37. The summed E-state index contributed by atoms with van der Waals surface area (Å²) in [6, 6.07) is 3.67. The van der Waals surface area contributed by atoms with Crippen LogP contribution >= 0.6 is 0 Å². The first-order chi connectivity index (χ1) is 11.7. The van der Waals surface area contributed by atoms with E-state index < -0.39 is 0 Å². The fourth-order valence-corrected chi connectivity index (χ4v) is 3.32. The summed E-state index contributed by atoms with van der Waals surface area (Å²) in [6.45, 7) is 2.48. The van der Waals surface area contributed by atoms with Crippen LogP contribution in [0.1, 0.15) is 31.2 Å². The van der Waals surface area contributed by atoms with E-state index in [-0.39, 0.29) is 11.9 Å². The van der Waals surface area contributed by atoms with Crippen molar-refractivity contribution in [2.24, 2.45) is 0 Å². The molecule has 0 saturated carbocycles. The van der Waals surface area contributed by atoms with Gasteiger partial charge in [-0.2, -0.15) is 0 Å². The number of hydrogen-bond acceptors (Lipinski definition) is 5. The third-order valence-corrected chi connectivity index (χ3v) is 4.72. The van der Waals surface area contributed by atoms with E-state index in [1.165, 1.54) is 6.42 Å². The zero-order valence-corrected chi connectivity index (χ0v) is 14.5. The number of carbonyl (C=O) groups is 1. The lowest BCUT2D eigenvalue weighted by Crippen LogP contribution is -2.44. The number of carbonyl (C=O) groups excluding carboxylic acids is 1. The molecule has 0 bridgehead atoms. The van der Waals surface area contributed by atoms with Crippen molar-refractivity contribution in [1.82, 2.24) is 10.2 Å². The van der Waals surface area contributed by atoms with E-state index in [1.54, 1.807) is 7.11 Å². The monoisotopic (exact) mass is 334 g/mol. The van der Waals surface area contributed by atoms with Gasteiger partial charge in [0.2, 0.25) is 5.91 Å². The second kappa shape index (κ2) is 7.75. The zero-order chi connectivity index (χ0) is 16.9. The lowest BCUT2D eigenvalue weighted by molar-refractivity contribution is -0.126. The van der Waals surface area contributed by atoms with Crippen molar-refractivity contribution in [1.29, 1.82) is 0 Å². The maximum absolute atomic E-state index is 12.6. The van der Waals surface area contributed by atoms with E-state index in [9.17, 15) is 4.79 Å². The van der Waals surface area contributed by atoms with Crippen molar-refractivity contribution in [2.45, 2.75) is 38.3 Å². The van der Waals surface area contributed by atoms with Gasteiger partial charge in [-0.25, -0.2) is 0 Å². The summed E-state index contributed by atoms with van der Waals surface area (Å²) in [5.41, 5.74) is 0.895. The summed E-state index contributed by atoms with van der Waals surface area (Å²) in [5, 5.41) is 3.05. The first-order valence-corrected chi connectivity index (χ1v) is 8.63. The Morgan fingerprint density at radius 1 is 1.25 bits per heavy atom. The Kier molecular flexibility index (Phi) is 5.45. The molecule has 1 aromatic carbocycles. The largest absolute Gasteiger partial charge is 0.496 e. The predicted molar refractivity (Wildman–Crippen MR) is 90.7 cm³/mol. The number of nitrogens with zero attached hydrogens (tertiary/aromatic N) is 1. The molecule has 1 saturated heterocycles. The molecule has 6 heteroatoms. The molecule has 3 rings (SSSR count). The molecule has 0 spiro atoms. The molecule has 2 aliphatic heterocycles. The fraction of sp³-hybridized carbons (Fsp3) is 0.611. The van der Waals surface area contributed by atoms with Gasteiger partial charge in [-0.05, 0) is 32.5 Å². The van der Waals surface area contributed by atoms with Crippen LogP contribution in [0.2, 0.25) is 0 Å². The molecular formula is C18H26N2O4. The van der Waals surface area contributed by atoms with Crippen LogP contribution in [-0.4, -0.2) is 50.8 Å². The lowest BCUT2D eigenvalue weighted by atomic mass is 10.1. The summed E-state index contributed by atoms with van der Waals surface area (Å²) in [5.74, 6) is 2.18. The molecular weight excluding hydrogens is 308 g/mol. The average Bonchev–Trinajstić information content (AvgIpc) is 2.83. The normalized spacial score (nSPS) is 21.0. The maximum atomic E-state index is 12.6. The molecule has 24 heavy (non-hydrogen) atoms. The second-order valence-electron chi connectivity index (χ2n) is 6.37. The van der Waals surface area contributed by atoms with E-state index in [0.29, 0.717) is 37.0 Å². The number of benzene rings is 1. The third kappa shape index (κ3) is 3.75. The summed E-state index contributed by atoms with van der Waals surface area (Å²) in [4.78, 5) is 14.7. The highest BCUT2D eigenvalue weighted by molar-refractivity contribution is 5.81. The molecule has 0 radical (unpaired) electrons. The highest BCUT2D eigenvalue weighted by Crippen LogP contribution is 2.36. The Morgan fingerprint density at radius 2 is 2.00 bits per heavy atom. The van der Waals surface area contributed by atoms with Gasteiger partial charge in [-0.15, -0.1) is 0 Å². The van der Waals surface area contributed by atoms with Crippen LogP contribution in [0, 0.1) is 0 Å². The van der Waals surface area contributed by atoms with E-state index in [2.05, 4.69) is 10.2 Å². The molecule has 6 nitrogen and oxygen atoms in total. The lowest BCUT2D eigenvalue weighted by Gasteiger charge is -2.25. The Labute approximate surface area is 143 Å². The quantitative estimate of drug-likeness (QED) is 0.912. The van der Waals surface area contributed by atoms with Crippen molar-refractivity contribution in [2.75, 3.05) is 33.9 Å². The Hall–Kier alpha value is -1.95. The molecule has 1 N–H and O–H groups in total. The molecule has 0 aromatic heterocycles.